The standard InChI is InChI=1S/C9H16O6S/c1-4(10)14-8-7(12)6(11)5(3-13-2)15-9(8)16/h5-9,11-12,16H,3H2,1-2H3/t5-,6+,7+,8-,9+/m1/s1. The van der Waals surface area contributed by atoms with E-state index in [1.807, 2.05) is 0 Å². The van der Waals surface area contributed by atoms with E-state index >= 15 is 0 Å². The number of carbonyl (C=O) groups excluding carboxylic acids is 1. The van der Waals surface area contributed by atoms with E-state index in [1.54, 1.807) is 0 Å². The van der Waals surface area contributed by atoms with Crippen molar-refractivity contribution >= 4 is 18.6 Å². The van der Waals surface area contributed by atoms with E-state index in [9.17, 15) is 15.0 Å². The summed E-state index contributed by atoms with van der Waals surface area (Å²) in [6, 6.07) is 0. The van der Waals surface area contributed by atoms with Crippen LogP contribution in [0, 0.1) is 0 Å². The minimum Gasteiger partial charge on any atom is -0.456 e. The van der Waals surface area contributed by atoms with Crippen LogP contribution < -0.4 is 0 Å². The van der Waals surface area contributed by atoms with Crippen molar-refractivity contribution in [2.45, 2.75) is 36.8 Å². The van der Waals surface area contributed by atoms with Crippen LogP contribution in [0.4, 0.5) is 0 Å². The van der Waals surface area contributed by atoms with Crippen molar-refractivity contribution in [3.8, 4) is 0 Å². The summed E-state index contributed by atoms with van der Waals surface area (Å²) in [6.45, 7) is 1.34. The van der Waals surface area contributed by atoms with Gasteiger partial charge in [0.1, 0.15) is 23.7 Å². The molecule has 2 N–H and O–H groups in total. The lowest BCUT2D eigenvalue weighted by molar-refractivity contribution is -0.219. The van der Waals surface area contributed by atoms with Gasteiger partial charge in [-0.2, -0.15) is 0 Å². The average molecular weight is 252 g/mol. The summed E-state index contributed by atoms with van der Waals surface area (Å²) in [7, 11) is 1.45. The van der Waals surface area contributed by atoms with Crippen LogP contribution in [-0.2, 0) is 19.0 Å². The summed E-state index contributed by atoms with van der Waals surface area (Å²) in [5, 5.41) is 19.4. The Balaban J connectivity index is 2.67. The Kier molecular flexibility index (Phi) is 5.00. The lowest BCUT2D eigenvalue weighted by Crippen LogP contribution is -2.58. The van der Waals surface area contributed by atoms with E-state index in [1.165, 1.54) is 14.0 Å². The Labute approximate surface area is 98.9 Å². The van der Waals surface area contributed by atoms with Gasteiger partial charge in [-0.05, 0) is 0 Å². The Bertz CT molecular complexity index is 248. The molecule has 5 atom stereocenters. The molecule has 0 unspecified atom stereocenters. The molecule has 6 nitrogen and oxygen atoms in total. The molecule has 0 amide bonds. The molecular formula is C9H16O6S. The molecular weight excluding hydrogens is 236 g/mol. The number of thiol groups is 1. The molecule has 0 aromatic heterocycles. The number of esters is 1. The predicted molar refractivity (Wildman–Crippen MR) is 57.1 cm³/mol. The molecule has 0 saturated carbocycles. The van der Waals surface area contributed by atoms with Crippen LogP contribution in [0.15, 0.2) is 0 Å². The largest absolute Gasteiger partial charge is 0.456 e. The van der Waals surface area contributed by atoms with Crippen molar-refractivity contribution in [2.75, 3.05) is 13.7 Å². The molecule has 0 aromatic rings. The van der Waals surface area contributed by atoms with Crippen molar-refractivity contribution in [1.82, 2.24) is 0 Å². The molecule has 1 saturated heterocycles. The van der Waals surface area contributed by atoms with Crippen molar-refractivity contribution < 1.29 is 29.2 Å². The Morgan fingerprint density at radius 1 is 1.44 bits per heavy atom. The van der Waals surface area contributed by atoms with Crippen LogP contribution in [0.5, 0.6) is 0 Å². The molecule has 0 aliphatic carbocycles. The highest BCUT2D eigenvalue weighted by molar-refractivity contribution is 7.80. The molecule has 7 heteroatoms. The summed E-state index contributed by atoms with van der Waals surface area (Å²) < 4.78 is 14.9. The Hall–Kier alpha value is -0.340. The lowest BCUT2D eigenvalue weighted by Gasteiger charge is -2.40. The minimum atomic E-state index is -1.24. The highest BCUT2D eigenvalue weighted by Crippen LogP contribution is 2.25. The number of hydrogen-bond acceptors (Lipinski definition) is 7. The fourth-order valence-electron chi connectivity index (χ4n) is 1.54. The van der Waals surface area contributed by atoms with Gasteiger partial charge < -0.3 is 24.4 Å². The van der Waals surface area contributed by atoms with Gasteiger partial charge in [-0.3, -0.25) is 4.79 Å². The third-order valence-electron chi connectivity index (χ3n) is 2.30. The van der Waals surface area contributed by atoms with Gasteiger partial charge in [-0.15, -0.1) is 12.6 Å². The van der Waals surface area contributed by atoms with Crippen LogP contribution in [0.25, 0.3) is 0 Å². The highest BCUT2D eigenvalue weighted by atomic mass is 32.1. The zero-order valence-corrected chi connectivity index (χ0v) is 9.96. The molecule has 1 fully saturated rings. The number of aliphatic hydroxyl groups excluding tert-OH is 2. The van der Waals surface area contributed by atoms with Gasteiger partial charge in [-0.1, -0.05) is 0 Å². The number of hydrogen-bond donors (Lipinski definition) is 3. The SMILES string of the molecule is COC[C@H]1O[C@@H](S)[C@H](OC(C)=O)[C@@H](O)[C@H]1O. The summed E-state index contributed by atoms with van der Waals surface area (Å²) in [4.78, 5) is 10.8. The fraction of sp³-hybridized carbons (Fsp3) is 0.889. The van der Waals surface area contributed by atoms with E-state index in [-0.39, 0.29) is 6.61 Å². The van der Waals surface area contributed by atoms with Crippen LogP contribution in [0.3, 0.4) is 0 Å². The zero-order valence-electron chi connectivity index (χ0n) is 9.07. The molecule has 0 spiro atoms. The van der Waals surface area contributed by atoms with Crippen LogP contribution in [-0.4, -0.2) is 59.8 Å². The van der Waals surface area contributed by atoms with E-state index in [2.05, 4.69) is 12.6 Å². The monoisotopic (exact) mass is 252 g/mol. The Morgan fingerprint density at radius 2 is 2.06 bits per heavy atom. The first-order valence-electron chi connectivity index (χ1n) is 4.83. The third kappa shape index (κ3) is 3.08. The van der Waals surface area contributed by atoms with Crippen LogP contribution in [0.2, 0.25) is 0 Å². The van der Waals surface area contributed by atoms with E-state index in [4.69, 9.17) is 14.2 Å². The second-order valence-electron chi connectivity index (χ2n) is 3.58. The second kappa shape index (κ2) is 5.83. The number of aliphatic hydroxyl groups is 2. The molecule has 16 heavy (non-hydrogen) atoms. The summed E-state index contributed by atoms with van der Waals surface area (Å²) in [5.41, 5.74) is -0.789. The van der Waals surface area contributed by atoms with E-state index in [0.717, 1.165) is 0 Å². The van der Waals surface area contributed by atoms with Crippen molar-refractivity contribution in [3.63, 3.8) is 0 Å². The van der Waals surface area contributed by atoms with Crippen molar-refractivity contribution in [1.29, 1.82) is 0 Å². The van der Waals surface area contributed by atoms with Gasteiger partial charge in [-0.25, -0.2) is 0 Å². The molecule has 1 rings (SSSR count). The summed E-state index contributed by atoms with van der Waals surface area (Å²) in [5.74, 6) is -0.566. The maximum absolute atomic E-state index is 10.8. The topological polar surface area (TPSA) is 85.2 Å². The lowest BCUT2D eigenvalue weighted by atomic mass is 10.0. The third-order valence-corrected chi connectivity index (χ3v) is 2.71. The summed E-state index contributed by atoms with van der Waals surface area (Å²) >= 11 is 4.06. The van der Waals surface area contributed by atoms with Gasteiger partial charge in [0.15, 0.2) is 6.10 Å². The van der Waals surface area contributed by atoms with Crippen LogP contribution in [0.1, 0.15) is 6.92 Å². The summed E-state index contributed by atoms with van der Waals surface area (Å²) in [6.07, 6.45) is -4.08. The first kappa shape index (κ1) is 13.7. The number of carbonyl (C=O) groups is 1. The number of ether oxygens (including phenoxy) is 3. The van der Waals surface area contributed by atoms with Gasteiger partial charge in [0, 0.05) is 14.0 Å². The minimum absolute atomic E-state index is 0.127. The zero-order chi connectivity index (χ0) is 12.3. The molecule has 0 bridgehead atoms. The molecule has 94 valence electrons. The fourth-order valence-corrected chi connectivity index (χ4v) is 1.94. The van der Waals surface area contributed by atoms with Crippen molar-refractivity contribution in [2.24, 2.45) is 0 Å². The van der Waals surface area contributed by atoms with E-state index in [0.29, 0.717) is 0 Å². The van der Waals surface area contributed by atoms with Gasteiger partial charge >= 0.3 is 5.97 Å². The van der Waals surface area contributed by atoms with E-state index < -0.39 is 35.8 Å². The van der Waals surface area contributed by atoms with Gasteiger partial charge in [0.2, 0.25) is 0 Å². The highest BCUT2D eigenvalue weighted by Gasteiger charge is 2.44. The van der Waals surface area contributed by atoms with Crippen LogP contribution >= 0.6 is 12.6 Å². The smallest absolute Gasteiger partial charge is 0.303 e. The molecule has 0 aromatic carbocycles. The predicted octanol–water partition coefficient (Wildman–Crippen LogP) is -1.06. The quantitative estimate of drug-likeness (QED) is 0.438. The van der Waals surface area contributed by atoms with Crippen molar-refractivity contribution in [3.05, 3.63) is 0 Å². The molecule has 1 aliphatic rings. The first-order valence-corrected chi connectivity index (χ1v) is 5.34. The van der Waals surface area contributed by atoms with Gasteiger partial charge in [0.05, 0.1) is 6.61 Å². The second-order valence-corrected chi connectivity index (χ2v) is 4.08. The molecule has 1 aliphatic heterocycles. The maximum atomic E-state index is 10.8. The first-order chi connectivity index (χ1) is 7.47. The number of rotatable bonds is 3. The Morgan fingerprint density at radius 3 is 2.56 bits per heavy atom. The average Bonchev–Trinajstić information content (AvgIpc) is 2.21. The molecule has 0 radical (unpaired) electrons. The molecule has 1 heterocycles. The normalized spacial score (nSPS) is 39.4. The van der Waals surface area contributed by atoms with Gasteiger partial charge in [0.25, 0.3) is 0 Å². The number of methoxy groups -OCH3 is 1. The maximum Gasteiger partial charge on any atom is 0.303 e.